The van der Waals surface area contributed by atoms with Crippen molar-refractivity contribution in [1.29, 1.82) is 0 Å². The Morgan fingerprint density at radius 3 is 2.07 bits per heavy atom. The minimum absolute atomic E-state index is 0.0227. The Bertz CT molecular complexity index is 1510. The van der Waals surface area contributed by atoms with Gasteiger partial charge in [0, 0.05) is 5.56 Å². The zero-order valence-electron chi connectivity index (χ0n) is 29.4. The molecule has 1 aromatic rings. The van der Waals surface area contributed by atoms with Gasteiger partial charge in [0.2, 0.25) is 0 Å². The molecule has 4 N–H and O–H groups in total. The molecule has 1 aromatic carbocycles. The fourth-order valence-corrected chi connectivity index (χ4v) is 7.33. The lowest BCUT2D eigenvalue weighted by Crippen LogP contribution is -2.70. The van der Waals surface area contributed by atoms with Gasteiger partial charge in [0.15, 0.2) is 28.8 Å². The number of phenols is 2. The van der Waals surface area contributed by atoms with Crippen LogP contribution in [-0.4, -0.2) is 43.9 Å². The van der Waals surface area contributed by atoms with E-state index in [4.69, 9.17) is 0 Å². The largest absolute Gasteiger partial charge is 0.506 e. The van der Waals surface area contributed by atoms with Gasteiger partial charge in [0.25, 0.3) is 0 Å². The summed E-state index contributed by atoms with van der Waals surface area (Å²) in [5.41, 5.74) is -2.61. The van der Waals surface area contributed by atoms with Crippen molar-refractivity contribution in [2.24, 2.45) is 33.5 Å². The predicted octanol–water partition coefficient (Wildman–Crippen LogP) is 8.20. The number of allylic oxidation sites excluding steroid dienone is 6. The van der Waals surface area contributed by atoms with Crippen molar-refractivity contribution in [3.8, 4) is 11.5 Å². The van der Waals surface area contributed by atoms with E-state index in [9.17, 15) is 30.0 Å². The number of aromatic hydroxyl groups is 2. The molecular formula is C39H54O7. The quantitative estimate of drug-likeness (QED) is 0.0509. The third-order valence-corrected chi connectivity index (χ3v) is 10.7. The van der Waals surface area contributed by atoms with Crippen LogP contribution in [0.5, 0.6) is 11.5 Å². The molecule has 0 saturated heterocycles. The van der Waals surface area contributed by atoms with E-state index in [-0.39, 0.29) is 37.2 Å². The highest BCUT2D eigenvalue weighted by Crippen LogP contribution is 2.66. The second-order valence-electron chi connectivity index (χ2n) is 15.9. The van der Waals surface area contributed by atoms with Crippen LogP contribution in [-0.2, 0) is 14.4 Å². The summed E-state index contributed by atoms with van der Waals surface area (Å²) in [5.74, 6) is -4.17. The number of Topliss-reactive ketones (excluding diaryl/α,β-unsaturated/α-hetero) is 3. The van der Waals surface area contributed by atoms with E-state index < -0.39 is 73.9 Å². The summed E-state index contributed by atoms with van der Waals surface area (Å²) in [6.07, 6.45) is 4.20. The molecule has 0 radical (unpaired) electrons. The number of carbonyl (C=O) groups excluding carboxylic acids is 3. The number of aliphatic hydroxyl groups is 2. The van der Waals surface area contributed by atoms with Crippen LogP contribution in [0.2, 0.25) is 0 Å². The number of benzene rings is 1. The van der Waals surface area contributed by atoms with Gasteiger partial charge in [0.1, 0.15) is 16.7 Å². The smallest absolute Gasteiger partial charge is 0.184 e. The van der Waals surface area contributed by atoms with Gasteiger partial charge in [-0.25, -0.2) is 0 Å². The Balaban J connectivity index is 2.47. The van der Waals surface area contributed by atoms with Crippen molar-refractivity contribution < 1.29 is 34.8 Å². The lowest BCUT2D eigenvalue weighted by molar-refractivity contribution is -0.180. The van der Waals surface area contributed by atoms with Crippen molar-refractivity contribution in [3.63, 3.8) is 0 Å². The summed E-state index contributed by atoms with van der Waals surface area (Å²) in [7, 11) is 0. The van der Waals surface area contributed by atoms with E-state index in [1.54, 1.807) is 0 Å². The number of carbonyl (C=O) groups is 3. The fourth-order valence-electron chi connectivity index (χ4n) is 7.33. The van der Waals surface area contributed by atoms with Crippen molar-refractivity contribution in [2.75, 3.05) is 0 Å². The maximum Gasteiger partial charge on any atom is 0.184 e. The monoisotopic (exact) mass is 634 g/mol. The third kappa shape index (κ3) is 6.40. The number of aliphatic hydroxyl groups excluding tert-OH is 2. The molecule has 2 fully saturated rings. The van der Waals surface area contributed by atoms with Gasteiger partial charge in [-0.3, -0.25) is 14.4 Å². The molecule has 2 saturated carbocycles. The number of hydrogen-bond donors (Lipinski definition) is 4. The van der Waals surface area contributed by atoms with Gasteiger partial charge in [-0.1, -0.05) is 70.1 Å². The molecular weight excluding hydrogens is 580 g/mol. The number of ketones is 3. The highest BCUT2D eigenvalue weighted by molar-refractivity contribution is 6.41. The van der Waals surface area contributed by atoms with Crippen LogP contribution in [0.1, 0.15) is 107 Å². The molecule has 2 bridgehead atoms. The highest BCUT2D eigenvalue weighted by atomic mass is 16.3. The van der Waals surface area contributed by atoms with Crippen molar-refractivity contribution in [3.05, 3.63) is 64.8 Å². The molecule has 3 rings (SSSR count). The second kappa shape index (κ2) is 13.0. The first-order valence-corrected chi connectivity index (χ1v) is 16.2. The topological polar surface area (TPSA) is 132 Å². The van der Waals surface area contributed by atoms with Gasteiger partial charge in [-0.2, -0.15) is 0 Å². The summed E-state index contributed by atoms with van der Waals surface area (Å²) in [6.45, 7) is 23.4. The minimum atomic E-state index is -1.73. The molecule has 252 valence electrons. The normalized spacial score (nSPS) is 26.7. The molecule has 2 aliphatic rings. The first-order chi connectivity index (χ1) is 21.0. The van der Waals surface area contributed by atoms with Crippen LogP contribution >= 0.6 is 0 Å². The van der Waals surface area contributed by atoms with Gasteiger partial charge in [0.05, 0.1) is 11.5 Å². The van der Waals surface area contributed by atoms with Gasteiger partial charge >= 0.3 is 0 Å². The van der Waals surface area contributed by atoms with Crippen LogP contribution in [0.25, 0.3) is 5.76 Å². The summed E-state index contributed by atoms with van der Waals surface area (Å²) >= 11 is 0. The molecule has 46 heavy (non-hydrogen) atoms. The maximum absolute atomic E-state index is 15.3. The summed E-state index contributed by atoms with van der Waals surface area (Å²) in [5, 5.41) is 43.2. The number of fused-ring (bicyclic) bond motifs is 2. The molecule has 7 nitrogen and oxygen atoms in total. The Hall–Kier alpha value is -3.45. The van der Waals surface area contributed by atoms with Crippen LogP contribution in [0.4, 0.5) is 0 Å². The van der Waals surface area contributed by atoms with Crippen LogP contribution in [0.3, 0.4) is 0 Å². The summed E-state index contributed by atoms with van der Waals surface area (Å²) < 4.78 is 0. The molecule has 0 amide bonds. The zero-order valence-corrected chi connectivity index (χ0v) is 29.4. The van der Waals surface area contributed by atoms with Crippen molar-refractivity contribution >= 4 is 23.1 Å². The number of rotatable bonds is 10. The first kappa shape index (κ1) is 37.0. The molecule has 2 aliphatic carbocycles. The van der Waals surface area contributed by atoms with E-state index in [0.717, 1.165) is 22.8 Å². The second-order valence-corrected chi connectivity index (χ2v) is 15.9. The lowest BCUT2D eigenvalue weighted by atomic mass is 9.38. The van der Waals surface area contributed by atoms with Crippen LogP contribution in [0, 0.1) is 33.5 Å². The molecule has 0 aliphatic heterocycles. The maximum atomic E-state index is 15.3. The van der Waals surface area contributed by atoms with Crippen LogP contribution < -0.4 is 0 Å². The lowest BCUT2D eigenvalue weighted by Gasteiger charge is -2.61. The Labute approximate surface area is 274 Å². The molecule has 1 unspecified atom stereocenters. The average Bonchev–Trinajstić information content (AvgIpc) is 2.93. The van der Waals surface area contributed by atoms with E-state index >= 15 is 4.79 Å². The average molecular weight is 635 g/mol. The zero-order chi connectivity index (χ0) is 35.2. The summed E-state index contributed by atoms with van der Waals surface area (Å²) in [4.78, 5) is 45.2. The van der Waals surface area contributed by atoms with Crippen molar-refractivity contribution in [2.45, 2.75) is 107 Å². The van der Waals surface area contributed by atoms with Crippen molar-refractivity contribution in [1.82, 2.24) is 0 Å². The first-order valence-electron chi connectivity index (χ1n) is 16.2. The fraction of sp³-hybridized carbons (Fsp3) is 0.564. The predicted molar refractivity (Wildman–Crippen MR) is 182 cm³/mol. The third-order valence-electron chi connectivity index (χ3n) is 10.7. The Morgan fingerprint density at radius 1 is 0.978 bits per heavy atom. The molecule has 0 spiro atoms. The standard InChI is InChI=1S/C39H54O7/c1-22(2)12-13-26(24(5)6)20-38-21-27(19-30(42)36(7,8)9)37(10,11)39(35(38)46,17-16-23(3)4)34(45)31(33(38)44)32(43)25-14-15-28(40)29(41)18-25/h12,14-16,18,26-27,30,40-43H,5,13,17,19-21H2,1-4,6-11H3/t26-,27+,30?,38+,39-/m0/s1. The number of hydrogen-bond acceptors (Lipinski definition) is 7. The molecule has 5 atom stereocenters. The van der Waals surface area contributed by atoms with Crippen LogP contribution in [0.15, 0.2) is 59.2 Å². The summed E-state index contributed by atoms with van der Waals surface area (Å²) in [6, 6.07) is 3.59. The van der Waals surface area contributed by atoms with E-state index in [1.165, 1.54) is 12.1 Å². The molecule has 0 heterocycles. The van der Waals surface area contributed by atoms with E-state index in [2.05, 4.69) is 12.7 Å². The van der Waals surface area contributed by atoms with Gasteiger partial charge < -0.3 is 20.4 Å². The molecule has 0 aromatic heterocycles. The van der Waals surface area contributed by atoms with E-state index in [0.29, 0.717) is 6.42 Å². The minimum Gasteiger partial charge on any atom is -0.506 e. The highest BCUT2D eigenvalue weighted by Gasteiger charge is 2.74. The molecule has 7 heteroatoms. The SMILES string of the molecule is C=C(C)[C@@H](CC=C(C)C)C[C@@]12C[C@@H](CC(O)C(C)(C)C)C(C)(C)[C@@](CC=C(C)C)(C(=O)C(=C(O)c3ccc(O)c(O)c3)C1=O)C2=O. The van der Waals surface area contributed by atoms with Gasteiger partial charge in [-0.05, 0) is 108 Å². The number of phenolic OH excluding ortho intramolecular Hbond substituents is 2. The Morgan fingerprint density at radius 2 is 1.57 bits per heavy atom. The van der Waals surface area contributed by atoms with E-state index in [1.807, 2.05) is 75.3 Å². The van der Waals surface area contributed by atoms with Gasteiger partial charge in [-0.15, -0.1) is 0 Å². The Kier molecular flexibility index (Phi) is 10.4.